The zero-order valence-electron chi connectivity index (χ0n) is 15.1. The molecule has 140 valence electrons. The highest BCUT2D eigenvalue weighted by atomic mass is 32.1. The van der Waals surface area contributed by atoms with E-state index in [1.807, 2.05) is 43.3 Å². The van der Waals surface area contributed by atoms with E-state index in [-0.39, 0.29) is 12.3 Å². The minimum atomic E-state index is -0.219. The first-order valence-corrected chi connectivity index (χ1v) is 9.19. The lowest BCUT2D eigenvalue weighted by Crippen LogP contribution is -2.19. The standard InChI is InChI=1S/C19H20N4O3S/c1-3-26-15-6-4-5-13(18(15)25-2)11-21-23-17(24)10-12-7-8-14-16(9-12)27-19(20)22-14/h4-9,11H,3,10H2,1-2H3,(H2,20,22)(H,23,24)/b21-11-. The molecule has 0 fully saturated rings. The summed E-state index contributed by atoms with van der Waals surface area (Å²) in [6, 6.07) is 11.1. The molecule has 7 nitrogen and oxygen atoms in total. The van der Waals surface area contributed by atoms with Crippen molar-refractivity contribution in [3.8, 4) is 11.5 Å². The SMILES string of the molecule is CCOc1cccc(/C=N\NC(=O)Cc2ccc3nc(N)sc3c2)c1OC. The number of hydrazone groups is 1. The molecule has 8 heteroatoms. The van der Waals surface area contributed by atoms with E-state index in [4.69, 9.17) is 15.2 Å². The van der Waals surface area contributed by atoms with E-state index in [9.17, 15) is 4.79 Å². The third-order valence-electron chi connectivity index (χ3n) is 3.74. The minimum absolute atomic E-state index is 0.210. The van der Waals surface area contributed by atoms with Crippen molar-refractivity contribution in [2.75, 3.05) is 19.5 Å². The number of anilines is 1. The Kier molecular flexibility index (Phi) is 5.87. The number of ether oxygens (including phenoxy) is 2. The molecule has 0 saturated carbocycles. The van der Waals surface area contributed by atoms with Crippen molar-refractivity contribution in [1.82, 2.24) is 10.4 Å². The van der Waals surface area contributed by atoms with Gasteiger partial charge in [-0.3, -0.25) is 4.79 Å². The predicted molar refractivity (Wildman–Crippen MR) is 108 cm³/mol. The number of fused-ring (bicyclic) bond motifs is 1. The average Bonchev–Trinajstić information content (AvgIpc) is 3.01. The van der Waals surface area contributed by atoms with Gasteiger partial charge < -0.3 is 15.2 Å². The quantitative estimate of drug-likeness (QED) is 0.482. The van der Waals surface area contributed by atoms with Crippen LogP contribution < -0.4 is 20.6 Å². The maximum Gasteiger partial charge on any atom is 0.244 e. The summed E-state index contributed by atoms with van der Waals surface area (Å²) in [5.74, 6) is 0.987. The molecule has 0 spiro atoms. The zero-order valence-corrected chi connectivity index (χ0v) is 15.9. The van der Waals surface area contributed by atoms with Crippen LogP contribution in [0.25, 0.3) is 10.2 Å². The van der Waals surface area contributed by atoms with Crippen LogP contribution in [0.1, 0.15) is 18.1 Å². The number of nitrogens with two attached hydrogens (primary N) is 1. The Hall–Kier alpha value is -3.13. The number of hydrogen-bond acceptors (Lipinski definition) is 7. The molecular formula is C19H20N4O3S. The molecule has 0 aliphatic carbocycles. The van der Waals surface area contributed by atoms with Crippen LogP contribution in [0.5, 0.6) is 11.5 Å². The molecule has 0 unspecified atom stereocenters. The Morgan fingerprint density at radius 1 is 1.37 bits per heavy atom. The highest BCUT2D eigenvalue weighted by molar-refractivity contribution is 7.22. The van der Waals surface area contributed by atoms with Gasteiger partial charge in [0, 0.05) is 5.56 Å². The number of aromatic nitrogens is 1. The van der Waals surface area contributed by atoms with Gasteiger partial charge >= 0.3 is 0 Å². The zero-order chi connectivity index (χ0) is 19.2. The van der Waals surface area contributed by atoms with Gasteiger partial charge in [-0.15, -0.1) is 0 Å². The van der Waals surface area contributed by atoms with Gasteiger partial charge in [-0.2, -0.15) is 5.10 Å². The second-order valence-corrected chi connectivity index (χ2v) is 6.70. The average molecular weight is 384 g/mol. The highest BCUT2D eigenvalue weighted by Crippen LogP contribution is 2.29. The van der Waals surface area contributed by atoms with Crippen LogP contribution in [0.2, 0.25) is 0 Å². The van der Waals surface area contributed by atoms with Gasteiger partial charge in [0.25, 0.3) is 0 Å². The normalized spacial score (nSPS) is 11.0. The van der Waals surface area contributed by atoms with E-state index < -0.39 is 0 Å². The van der Waals surface area contributed by atoms with Crippen LogP contribution in [0, 0.1) is 0 Å². The van der Waals surface area contributed by atoms with Crippen LogP contribution in [0.3, 0.4) is 0 Å². The first-order valence-electron chi connectivity index (χ1n) is 8.37. The fraction of sp³-hybridized carbons (Fsp3) is 0.211. The van der Waals surface area contributed by atoms with Gasteiger partial charge in [0.2, 0.25) is 5.91 Å². The van der Waals surface area contributed by atoms with Crippen molar-refractivity contribution < 1.29 is 14.3 Å². The lowest BCUT2D eigenvalue weighted by atomic mass is 10.1. The lowest BCUT2D eigenvalue weighted by molar-refractivity contribution is -0.120. The van der Waals surface area contributed by atoms with Gasteiger partial charge in [0.1, 0.15) is 0 Å². The number of carbonyl (C=O) groups is 1. The molecule has 0 radical (unpaired) electrons. The third-order valence-corrected chi connectivity index (χ3v) is 4.59. The molecule has 0 saturated heterocycles. The number of benzene rings is 2. The summed E-state index contributed by atoms with van der Waals surface area (Å²) in [7, 11) is 1.57. The maximum absolute atomic E-state index is 12.2. The summed E-state index contributed by atoms with van der Waals surface area (Å²) in [5.41, 5.74) is 10.7. The summed E-state index contributed by atoms with van der Waals surface area (Å²) in [4.78, 5) is 16.4. The van der Waals surface area contributed by atoms with Crippen molar-refractivity contribution >= 4 is 38.8 Å². The van der Waals surface area contributed by atoms with E-state index in [0.717, 1.165) is 15.8 Å². The van der Waals surface area contributed by atoms with Crippen LogP contribution in [0.15, 0.2) is 41.5 Å². The highest BCUT2D eigenvalue weighted by Gasteiger charge is 2.09. The molecule has 3 aromatic rings. The molecule has 1 amide bonds. The smallest absolute Gasteiger partial charge is 0.244 e. The number of methoxy groups -OCH3 is 1. The van der Waals surface area contributed by atoms with Crippen molar-refractivity contribution in [2.24, 2.45) is 5.10 Å². The predicted octanol–water partition coefficient (Wildman–Crippen LogP) is 2.98. The monoisotopic (exact) mass is 384 g/mol. The number of hydrogen-bond donors (Lipinski definition) is 2. The molecule has 1 heterocycles. The number of carbonyl (C=O) groups excluding carboxylic acids is 1. The fourth-order valence-electron chi connectivity index (χ4n) is 2.62. The molecule has 0 bridgehead atoms. The number of nitrogen functional groups attached to an aromatic ring is 1. The van der Waals surface area contributed by atoms with E-state index in [1.54, 1.807) is 7.11 Å². The summed E-state index contributed by atoms with van der Waals surface area (Å²) in [5, 5.41) is 4.54. The molecule has 1 aromatic heterocycles. The molecular weight excluding hydrogens is 364 g/mol. The van der Waals surface area contributed by atoms with Crippen LogP contribution in [-0.2, 0) is 11.2 Å². The van der Waals surface area contributed by atoms with Gasteiger partial charge in [-0.1, -0.05) is 23.5 Å². The Morgan fingerprint density at radius 3 is 3.00 bits per heavy atom. The fourth-order valence-corrected chi connectivity index (χ4v) is 3.42. The number of para-hydroxylation sites is 1. The Balaban J connectivity index is 1.65. The topological polar surface area (TPSA) is 98.8 Å². The first kappa shape index (κ1) is 18.7. The van der Waals surface area contributed by atoms with Crippen molar-refractivity contribution in [2.45, 2.75) is 13.3 Å². The Labute approximate surface area is 160 Å². The molecule has 0 atom stereocenters. The Bertz CT molecular complexity index is 984. The number of nitrogens with one attached hydrogen (secondary N) is 1. The van der Waals surface area contributed by atoms with E-state index in [1.165, 1.54) is 17.6 Å². The van der Waals surface area contributed by atoms with Crippen molar-refractivity contribution in [3.63, 3.8) is 0 Å². The van der Waals surface area contributed by atoms with Crippen LogP contribution in [-0.4, -0.2) is 30.8 Å². The second-order valence-electron chi connectivity index (χ2n) is 5.64. The number of amides is 1. The van der Waals surface area contributed by atoms with Crippen LogP contribution >= 0.6 is 11.3 Å². The van der Waals surface area contributed by atoms with Crippen LogP contribution in [0.4, 0.5) is 5.13 Å². The number of rotatable bonds is 7. The first-order chi connectivity index (χ1) is 13.1. The van der Waals surface area contributed by atoms with E-state index in [0.29, 0.717) is 28.8 Å². The third kappa shape index (κ3) is 4.53. The molecule has 27 heavy (non-hydrogen) atoms. The van der Waals surface area contributed by atoms with E-state index >= 15 is 0 Å². The molecule has 2 aromatic carbocycles. The van der Waals surface area contributed by atoms with Crippen molar-refractivity contribution in [3.05, 3.63) is 47.5 Å². The Morgan fingerprint density at radius 2 is 2.22 bits per heavy atom. The summed E-state index contributed by atoms with van der Waals surface area (Å²) in [6.07, 6.45) is 1.74. The molecule has 3 rings (SSSR count). The molecule has 0 aliphatic heterocycles. The summed E-state index contributed by atoms with van der Waals surface area (Å²) < 4.78 is 11.9. The second kappa shape index (κ2) is 8.50. The molecule has 3 N–H and O–H groups in total. The molecule has 0 aliphatic rings. The van der Waals surface area contributed by atoms with Gasteiger partial charge in [0.05, 0.1) is 36.6 Å². The summed E-state index contributed by atoms with van der Waals surface area (Å²) in [6.45, 7) is 2.43. The largest absolute Gasteiger partial charge is 0.492 e. The number of nitrogens with zero attached hydrogens (tertiary/aromatic N) is 2. The minimum Gasteiger partial charge on any atom is -0.492 e. The maximum atomic E-state index is 12.2. The van der Waals surface area contributed by atoms with Gasteiger partial charge in [-0.25, -0.2) is 10.4 Å². The van der Waals surface area contributed by atoms with Crippen molar-refractivity contribution in [1.29, 1.82) is 0 Å². The van der Waals surface area contributed by atoms with Gasteiger partial charge in [-0.05, 0) is 36.8 Å². The van der Waals surface area contributed by atoms with Gasteiger partial charge in [0.15, 0.2) is 16.6 Å². The van der Waals surface area contributed by atoms with E-state index in [2.05, 4.69) is 15.5 Å². The lowest BCUT2D eigenvalue weighted by Gasteiger charge is -2.11. The number of thiazole rings is 1. The summed E-state index contributed by atoms with van der Waals surface area (Å²) >= 11 is 1.40.